The Morgan fingerprint density at radius 2 is 1.57 bits per heavy atom. The van der Waals surface area contributed by atoms with Crippen molar-refractivity contribution < 1.29 is 14.6 Å². The number of likely N-dealkylation sites (N-methyl/N-ethyl adjacent to an activating group) is 1. The summed E-state index contributed by atoms with van der Waals surface area (Å²) < 4.78 is 11.0. The normalized spacial score (nSPS) is 12.0. The average Bonchev–Trinajstić information content (AvgIpc) is 2.73. The molecule has 0 aromatic heterocycles. The van der Waals surface area contributed by atoms with Crippen LogP contribution in [0.2, 0.25) is 0 Å². The smallest absolute Gasteiger partial charge is 0.119 e. The van der Waals surface area contributed by atoms with Crippen LogP contribution in [0.25, 0.3) is 11.1 Å². The van der Waals surface area contributed by atoms with Gasteiger partial charge in [0.25, 0.3) is 0 Å². The van der Waals surface area contributed by atoms with Crippen LogP contribution in [-0.2, 0) is 6.54 Å². The second kappa shape index (κ2) is 9.93. The van der Waals surface area contributed by atoms with Crippen molar-refractivity contribution in [1.29, 1.82) is 0 Å². The summed E-state index contributed by atoms with van der Waals surface area (Å²) in [7, 11) is 3.65. The molecule has 0 bridgehead atoms. The van der Waals surface area contributed by atoms with Crippen molar-refractivity contribution in [3.8, 4) is 22.6 Å². The maximum absolute atomic E-state index is 10.3. The third-order valence-corrected chi connectivity index (χ3v) is 4.51. The molecule has 3 aromatic carbocycles. The summed E-state index contributed by atoms with van der Waals surface area (Å²) in [5, 5.41) is 10.3. The molecule has 1 atom stereocenters. The fourth-order valence-corrected chi connectivity index (χ4v) is 3.13. The molecule has 0 amide bonds. The van der Waals surface area contributed by atoms with E-state index in [1.165, 1.54) is 5.56 Å². The quantitative estimate of drug-likeness (QED) is 0.606. The van der Waals surface area contributed by atoms with E-state index in [1.807, 2.05) is 67.7 Å². The van der Waals surface area contributed by atoms with E-state index in [-0.39, 0.29) is 6.61 Å². The van der Waals surface area contributed by atoms with Crippen LogP contribution < -0.4 is 9.47 Å². The maximum Gasteiger partial charge on any atom is 0.119 e. The zero-order chi connectivity index (χ0) is 19.8. The van der Waals surface area contributed by atoms with Crippen LogP contribution >= 0.6 is 0 Å². The number of aliphatic hydroxyl groups excluding tert-OH is 1. The molecule has 0 spiro atoms. The Morgan fingerprint density at radius 3 is 2.29 bits per heavy atom. The molecule has 0 saturated carbocycles. The molecule has 4 nitrogen and oxygen atoms in total. The predicted molar refractivity (Wildman–Crippen MR) is 113 cm³/mol. The Labute approximate surface area is 167 Å². The lowest BCUT2D eigenvalue weighted by Crippen LogP contribution is -2.32. The fourth-order valence-electron chi connectivity index (χ4n) is 3.13. The van der Waals surface area contributed by atoms with Crippen molar-refractivity contribution in [2.75, 3.05) is 27.3 Å². The molecule has 3 rings (SSSR count). The highest BCUT2D eigenvalue weighted by atomic mass is 16.5. The number of methoxy groups -OCH3 is 1. The van der Waals surface area contributed by atoms with Gasteiger partial charge >= 0.3 is 0 Å². The molecule has 0 fully saturated rings. The highest BCUT2D eigenvalue weighted by Crippen LogP contribution is 2.22. The Bertz CT molecular complexity index is 849. The van der Waals surface area contributed by atoms with E-state index >= 15 is 0 Å². The van der Waals surface area contributed by atoms with Crippen LogP contribution in [0.1, 0.15) is 5.56 Å². The molecule has 0 aliphatic heterocycles. The van der Waals surface area contributed by atoms with Crippen molar-refractivity contribution in [2.24, 2.45) is 0 Å². The summed E-state index contributed by atoms with van der Waals surface area (Å²) in [6.45, 7) is 1.52. The molecule has 0 aliphatic rings. The molecular weight excluding hydrogens is 350 g/mol. The van der Waals surface area contributed by atoms with Gasteiger partial charge in [-0.05, 0) is 48.0 Å². The van der Waals surface area contributed by atoms with Crippen LogP contribution in [0, 0.1) is 0 Å². The van der Waals surface area contributed by atoms with Crippen LogP contribution in [0.5, 0.6) is 11.5 Å². The van der Waals surface area contributed by atoms with Gasteiger partial charge in [0.1, 0.15) is 24.2 Å². The van der Waals surface area contributed by atoms with Gasteiger partial charge in [0, 0.05) is 13.1 Å². The van der Waals surface area contributed by atoms with Gasteiger partial charge in [-0.25, -0.2) is 0 Å². The topological polar surface area (TPSA) is 41.9 Å². The molecule has 0 unspecified atom stereocenters. The van der Waals surface area contributed by atoms with E-state index in [1.54, 1.807) is 7.11 Å². The summed E-state index contributed by atoms with van der Waals surface area (Å²) in [6, 6.07) is 26.1. The number of aliphatic hydroxyl groups is 1. The first-order valence-electron chi connectivity index (χ1n) is 9.42. The van der Waals surface area contributed by atoms with Gasteiger partial charge in [-0.2, -0.15) is 0 Å². The van der Waals surface area contributed by atoms with Crippen molar-refractivity contribution in [1.82, 2.24) is 4.90 Å². The van der Waals surface area contributed by atoms with Gasteiger partial charge in [-0.1, -0.05) is 54.6 Å². The number of hydrogen-bond donors (Lipinski definition) is 1. The van der Waals surface area contributed by atoms with E-state index in [0.717, 1.165) is 29.2 Å². The number of hydrogen-bond acceptors (Lipinski definition) is 4. The van der Waals surface area contributed by atoms with E-state index < -0.39 is 6.10 Å². The second-order valence-electron chi connectivity index (χ2n) is 6.90. The summed E-state index contributed by atoms with van der Waals surface area (Å²) in [4.78, 5) is 2.07. The lowest BCUT2D eigenvalue weighted by molar-refractivity contribution is 0.0744. The molecule has 0 radical (unpaired) electrons. The standard InChI is InChI=1S/C24H27NO3/c1-25(16-19-7-6-10-24(15-19)27-2)17-22(26)18-28-23-13-11-21(12-14-23)20-8-4-3-5-9-20/h3-15,22,26H,16-18H2,1-2H3/t22-/m0/s1. The summed E-state index contributed by atoms with van der Waals surface area (Å²) >= 11 is 0. The first-order chi connectivity index (χ1) is 13.6. The summed E-state index contributed by atoms with van der Waals surface area (Å²) in [6.07, 6.45) is -0.565. The van der Waals surface area contributed by atoms with Crippen LogP contribution in [0.4, 0.5) is 0 Å². The molecule has 0 heterocycles. The van der Waals surface area contributed by atoms with Crippen molar-refractivity contribution >= 4 is 0 Å². The summed E-state index contributed by atoms with van der Waals surface area (Å²) in [5.74, 6) is 1.60. The third-order valence-electron chi connectivity index (χ3n) is 4.51. The largest absolute Gasteiger partial charge is 0.497 e. The lowest BCUT2D eigenvalue weighted by atomic mass is 10.1. The Hall–Kier alpha value is -2.82. The number of benzene rings is 3. The van der Waals surface area contributed by atoms with Gasteiger partial charge < -0.3 is 14.6 Å². The zero-order valence-electron chi connectivity index (χ0n) is 16.4. The second-order valence-corrected chi connectivity index (χ2v) is 6.90. The number of nitrogens with zero attached hydrogens (tertiary/aromatic N) is 1. The van der Waals surface area contributed by atoms with E-state index in [2.05, 4.69) is 23.1 Å². The van der Waals surface area contributed by atoms with E-state index in [0.29, 0.717) is 6.54 Å². The van der Waals surface area contributed by atoms with Gasteiger partial charge in [0.2, 0.25) is 0 Å². The lowest BCUT2D eigenvalue weighted by Gasteiger charge is -2.21. The first-order valence-corrected chi connectivity index (χ1v) is 9.42. The Kier molecular flexibility index (Phi) is 7.06. The van der Waals surface area contributed by atoms with E-state index in [9.17, 15) is 5.11 Å². The van der Waals surface area contributed by atoms with Crippen LogP contribution in [-0.4, -0.2) is 43.4 Å². The molecule has 28 heavy (non-hydrogen) atoms. The molecule has 1 N–H and O–H groups in total. The number of rotatable bonds is 9. The molecule has 3 aromatic rings. The monoisotopic (exact) mass is 377 g/mol. The van der Waals surface area contributed by atoms with E-state index in [4.69, 9.17) is 9.47 Å². The predicted octanol–water partition coefficient (Wildman–Crippen LogP) is 4.23. The van der Waals surface area contributed by atoms with Gasteiger partial charge in [-0.3, -0.25) is 4.90 Å². The van der Waals surface area contributed by atoms with Crippen molar-refractivity contribution in [2.45, 2.75) is 12.6 Å². The minimum Gasteiger partial charge on any atom is -0.497 e. The Balaban J connectivity index is 1.46. The minimum atomic E-state index is -0.565. The van der Waals surface area contributed by atoms with Gasteiger partial charge in [0.05, 0.1) is 7.11 Å². The zero-order valence-corrected chi connectivity index (χ0v) is 16.4. The SMILES string of the molecule is COc1cccc(CN(C)C[C@H](O)COc2ccc(-c3ccccc3)cc2)c1. The highest BCUT2D eigenvalue weighted by molar-refractivity contribution is 5.63. The molecule has 4 heteroatoms. The van der Waals surface area contributed by atoms with Gasteiger partial charge in [-0.15, -0.1) is 0 Å². The molecule has 0 saturated heterocycles. The molecule has 146 valence electrons. The average molecular weight is 377 g/mol. The molecule has 0 aliphatic carbocycles. The summed E-state index contributed by atoms with van der Waals surface area (Å²) in [5.41, 5.74) is 3.46. The maximum atomic E-state index is 10.3. The van der Waals surface area contributed by atoms with Crippen LogP contribution in [0.3, 0.4) is 0 Å². The fraction of sp³-hybridized carbons (Fsp3) is 0.250. The Morgan fingerprint density at radius 1 is 0.857 bits per heavy atom. The minimum absolute atomic E-state index is 0.257. The van der Waals surface area contributed by atoms with Crippen molar-refractivity contribution in [3.05, 3.63) is 84.4 Å². The third kappa shape index (κ3) is 5.84. The van der Waals surface area contributed by atoms with Gasteiger partial charge in [0.15, 0.2) is 0 Å². The van der Waals surface area contributed by atoms with Crippen molar-refractivity contribution in [3.63, 3.8) is 0 Å². The first kappa shape index (κ1) is 19.9. The highest BCUT2D eigenvalue weighted by Gasteiger charge is 2.10. The number of ether oxygens (including phenoxy) is 2. The van der Waals surface area contributed by atoms with Crippen LogP contribution in [0.15, 0.2) is 78.9 Å². The molecular formula is C24H27NO3.